The van der Waals surface area contributed by atoms with Crippen molar-refractivity contribution in [3.8, 4) is 0 Å². The molecule has 108 valence electrons. The number of aromatic nitrogens is 2. The summed E-state index contributed by atoms with van der Waals surface area (Å²) in [5, 5.41) is 7.62. The van der Waals surface area contributed by atoms with E-state index < -0.39 is 11.6 Å². The number of nitrogens with zero attached hydrogens (tertiary/aromatic N) is 2. The highest BCUT2D eigenvalue weighted by atomic mass is 19.1. The van der Waals surface area contributed by atoms with Gasteiger partial charge >= 0.3 is 0 Å². The molecule has 0 radical (unpaired) electrons. The lowest BCUT2D eigenvalue weighted by molar-refractivity contribution is 0.531. The Balaban J connectivity index is 2.10. The molecule has 1 atom stereocenters. The Bertz CT molecular complexity index is 620. The van der Waals surface area contributed by atoms with Gasteiger partial charge in [0.25, 0.3) is 0 Å². The Morgan fingerprint density at radius 2 is 2.00 bits per heavy atom. The van der Waals surface area contributed by atoms with Crippen molar-refractivity contribution in [1.29, 1.82) is 0 Å². The van der Waals surface area contributed by atoms with Crippen LogP contribution in [0.25, 0.3) is 0 Å². The van der Waals surface area contributed by atoms with E-state index in [9.17, 15) is 8.78 Å². The monoisotopic (exact) mass is 279 g/mol. The maximum absolute atomic E-state index is 13.6. The van der Waals surface area contributed by atoms with E-state index in [1.807, 2.05) is 32.5 Å². The lowest BCUT2D eigenvalue weighted by Crippen LogP contribution is -2.20. The first-order chi connectivity index (χ1) is 9.40. The van der Waals surface area contributed by atoms with Crippen LogP contribution in [0, 0.1) is 25.5 Å². The molecule has 0 amide bonds. The quantitative estimate of drug-likeness (QED) is 0.931. The summed E-state index contributed by atoms with van der Waals surface area (Å²) in [4.78, 5) is 0. The molecule has 0 saturated carbocycles. The molecular weight excluding hydrogens is 260 g/mol. The van der Waals surface area contributed by atoms with Crippen molar-refractivity contribution in [2.45, 2.75) is 33.4 Å². The molecule has 0 aliphatic heterocycles. The zero-order chi connectivity index (χ0) is 14.9. The normalized spacial score (nSPS) is 12.7. The molecule has 1 unspecified atom stereocenters. The zero-order valence-corrected chi connectivity index (χ0v) is 12.2. The van der Waals surface area contributed by atoms with Crippen LogP contribution in [-0.2, 0) is 13.6 Å². The number of hydrogen-bond acceptors (Lipinski definition) is 2. The van der Waals surface area contributed by atoms with Gasteiger partial charge in [-0.05, 0) is 26.8 Å². The Morgan fingerprint density at radius 3 is 2.55 bits per heavy atom. The van der Waals surface area contributed by atoms with Crippen molar-refractivity contribution >= 4 is 0 Å². The van der Waals surface area contributed by atoms with E-state index in [4.69, 9.17) is 0 Å². The van der Waals surface area contributed by atoms with Gasteiger partial charge in [-0.2, -0.15) is 5.10 Å². The lowest BCUT2D eigenvalue weighted by atomic mass is 10.1. The SMILES string of the molecule is Cc1nn(C)c(C)c1C(C)NCc1ccc(F)cc1F. The third kappa shape index (κ3) is 2.88. The van der Waals surface area contributed by atoms with Crippen molar-refractivity contribution in [3.63, 3.8) is 0 Å². The smallest absolute Gasteiger partial charge is 0.130 e. The minimum absolute atomic E-state index is 0.0492. The molecule has 5 heteroatoms. The van der Waals surface area contributed by atoms with E-state index in [1.54, 1.807) is 0 Å². The molecule has 1 N–H and O–H groups in total. The summed E-state index contributed by atoms with van der Waals surface area (Å²) >= 11 is 0. The van der Waals surface area contributed by atoms with Gasteiger partial charge in [0, 0.05) is 42.5 Å². The maximum atomic E-state index is 13.6. The van der Waals surface area contributed by atoms with E-state index in [1.165, 1.54) is 12.1 Å². The first-order valence-corrected chi connectivity index (χ1v) is 6.57. The van der Waals surface area contributed by atoms with Crippen LogP contribution < -0.4 is 5.32 Å². The number of rotatable bonds is 4. The molecule has 20 heavy (non-hydrogen) atoms. The second kappa shape index (κ2) is 5.71. The highest BCUT2D eigenvalue weighted by molar-refractivity contribution is 5.28. The van der Waals surface area contributed by atoms with Crippen LogP contribution in [0.4, 0.5) is 8.78 Å². The number of benzene rings is 1. The molecule has 3 nitrogen and oxygen atoms in total. The average molecular weight is 279 g/mol. The fourth-order valence-electron chi connectivity index (χ4n) is 2.45. The second-order valence-electron chi connectivity index (χ2n) is 5.05. The number of hydrogen-bond donors (Lipinski definition) is 1. The number of nitrogens with one attached hydrogen (secondary N) is 1. The van der Waals surface area contributed by atoms with Crippen LogP contribution in [0.5, 0.6) is 0 Å². The van der Waals surface area contributed by atoms with E-state index in [0.29, 0.717) is 12.1 Å². The predicted octanol–water partition coefficient (Wildman–Crippen LogP) is 3.17. The van der Waals surface area contributed by atoms with Crippen LogP contribution >= 0.6 is 0 Å². The van der Waals surface area contributed by atoms with Crippen molar-refractivity contribution in [1.82, 2.24) is 15.1 Å². The average Bonchev–Trinajstić information content (AvgIpc) is 2.62. The molecule has 0 fully saturated rings. The summed E-state index contributed by atoms with van der Waals surface area (Å²) in [7, 11) is 1.90. The van der Waals surface area contributed by atoms with Crippen molar-refractivity contribution in [3.05, 3.63) is 52.3 Å². The highest BCUT2D eigenvalue weighted by Crippen LogP contribution is 2.21. The zero-order valence-electron chi connectivity index (χ0n) is 12.2. The molecule has 1 aromatic carbocycles. The lowest BCUT2D eigenvalue weighted by Gasteiger charge is -2.15. The van der Waals surface area contributed by atoms with Crippen LogP contribution in [0.1, 0.15) is 35.5 Å². The molecule has 2 aromatic rings. The van der Waals surface area contributed by atoms with Gasteiger partial charge in [-0.1, -0.05) is 6.07 Å². The van der Waals surface area contributed by atoms with Crippen LogP contribution in [-0.4, -0.2) is 9.78 Å². The molecule has 0 aliphatic carbocycles. The Morgan fingerprint density at radius 1 is 1.30 bits per heavy atom. The standard InChI is InChI=1S/C15H19F2N3/c1-9(15-10(2)19-20(4)11(15)3)18-8-12-5-6-13(16)7-14(12)17/h5-7,9,18H,8H2,1-4H3. The predicted molar refractivity (Wildman–Crippen MR) is 74.3 cm³/mol. The fraction of sp³-hybridized carbons (Fsp3) is 0.400. The molecule has 1 aromatic heterocycles. The van der Waals surface area contributed by atoms with Gasteiger partial charge in [-0.25, -0.2) is 8.78 Å². The third-order valence-corrected chi connectivity index (χ3v) is 3.61. The molecule has 0 spiro atoms. The Hall–Kier alpha value is -1.75. The molecular formula is C15H19F2N3. The first-order valence-electron chi connectivity index (χ1n) is 6.57. The van der Waals surface area contributed by atoms with Crippen molar-refractivity contribution in [2.24, 2.45) is 7.05 Å². The van der Waals surface area contributed by atoms with Crippen LogP contribution in [0.2, 0.25) is 0 Å². The number of halogens is 2. The first kappa shape index (κ1) is 14.7. The summed E-state index contributed by atoms with van der Waals surface area (Å²) in [5.74, 6) is -1.08. The minimum atomic E-state index is -0.557. The van der Waals surface area contributed by atoms with Gasteiger partial charge in [0.2, 0.25) is 0 Å². The van der Waals surface area contributed by atoms with E-state index in [-0.39, 0.29) is 6.04 Å². The van der Waals surface area contributed by atoms with Crippen molar-refractivity contribution in [2.75, 3.05) is 0 Å². The van der Waals surface area contributed by atoms with E-state index >= 15 is 0 Å². The van der Waals surface area contributed by atoms with Gasteiger partial charge in [0.15, 0.2) is 0 Å². The topological polar surface area (TPSA) is 29.9 Å². The van der Waals surface area contributed by atoms with Gasteiger partial charge in [-0.3, -0.25) is 4.68 Å². The third-order valence-electron chi connectivity index (χ3n) is 3.61. The van der Waals surface area contributed by atoms with Gasteiger partial charge in [0.1, 0.15) is 11.6 Å². The molecule has 1 heterocycles. The van der Waals surface area contributed by atoms with Gasteiger partial charge < -0.3 is 5.32 Å². The molecule has 0 saturated heterocycles. The second-order valence-corrected chi connectivity index (χ2v) is 5.05. The van der Waals surface area contributed by atoms with Crippen LogP contribution in [0.3, 0.4) is 0 Å². The van der Waals surface area contributed by atoms with Gasteiger partial charge in [-0.15, -0.1) is 0 Å². The van der Waals surface area contributed by atoms with E-state index in [2.05, 4.69) is 10.4 Å². The molecule has 2 rings (SSSR count). The fourth-order valence-corrected chi connectivity index (χ4v) is 2.45. The Kier molecular flexibility index (Phi) is 4.18. The largest absolute Gasteiger partial charge is 0.306 e. The summed E-state index contributed by atoms with van der Waals surface area (Å²) in [6.45, 7) is 6.32. The van der Waals surface area contributed by atoms with E-state index in [0.717, 1.165) is 23.0 Å². The highest BCUT2D eigenvalue weighted by Gasteiger charge is 2.16. The Labute approximate surface area is 117 Å². The maximum Gasteiger partial charge on any atom is 0.130 e. The van der Waals surface area contributed by atoms with Crippen molar-refractivity contribution < 1.29 is 8.78 Å². The van der Waals surface area contributed by atoms with Crippen LogP contribution in [0.15, 0.2) is 18.2 Å². The summed E-state index contributed by atoms with van der Waals surface area (Å²) in [6, 6.07) is 3.69. The summed E-state index contributed by atoms with van der Waals surface area (Å²) < 4.78 is 28.3. The molecule has 0 bridgehead atoms. The van der Waals surface area contributed by atoms with Gasteiger partial charge in [0.05, 0.1) is 5.69 Å². The minimum Gasteiger partial charge on any atom is -0.306 e. The summed E-state index contributed by atoms with van der Waals surface area (Å²) in [5.41, 5.74) is 3.62. The molecule has 0 aliphatic rings. The summed E-state index contributed by atoms with van der Waals surface area (Å²) in [6.07, 6.45) is 0. The number of aryl methyl sites for hydroxylation is 2.